The third-order valence-corrected chi connectivity index (χ3v) is 15.2. The molecule has 8 rings (SSSR count). The van der Waals surface area contributed by atoms with Crippen molar-refractivity contribution in [2.75, 3.05) is 83.5 Å². The first kappa shape index (κ1) is 53.8. The molecule has 1 saturated carbocycles. The Morgan fingerprint density at radius 2 is 1.58 bits per heavy atom. The molecule has 4 aromatic rings. The Balaban J connectivity index is 0.749. The topological polar surface area (TPSA) is 204 Å². The number of benzene rings is 2. The van der Waals surface area contributed by atoms with Crippen LogP contribution < -0.4 is 26.2 Å². The van der Waals surface area contributed by atoms with Gasteiger partial charge in [0.25, 0.3) is 5.91 Å². The van der Waals surface area contributed by atoms with E-state index < -0.39 is 23.7 Å². The van der Waals surface area contributed by atoms with Crippen molar-refractivity contribution in [1.29, 1.82) is 0 Å². The lowest BCUT2D eigenvalue weighted by Gasteiger charge is -2.44. The summed E-state index contributed by atoms with van der Waals surface area (Å²) in [7, 11) is 3.78. The summed E-state index contributed by atoms with van der Waals surface area (Å²) in [4.78, 5) is 86.9. The van der Waals surface area contributed by atoms with E-state index in [9.17, 15) is 37.1 Å². The largest absolute Gasteiger partial charge is 0.416 e. The van der Waals surface area contributed by atoms with Gasteiger partial charge in [-0.05, 0) is 114 Å². The van der Waals surface area contributed by atoms with E-state index in [1.54, 1.807) is 42.5 Å². The first-order chi connectivity index (χ1) is 35.6. The van der Waals surface area contributed by atoms with Gasteiger partial charge in [-0.15, -0.1) is 0 Å². The number of carbonyl (C=O) groups is 5. The molecule has 398 valence electrons. The number of aromatic nitrogens is 3. The molecule has 0 bridgehead atoms. The molecule has 2 aromatic heterocycles. The summed E-state index contributed by atoms with van der Waals surface area (Å²) in [5, 5.41) is 12.5. The molecule has 18 nitrogen and oxygen atoms in total. The molecule has 4 aliphatic rings. The summed E-state index contributed by atoms with van der Waals surface area (Å²) in [5.74, 6) is -1.22. The Morgan fingerprint density at radius 3 is 2.26 bits per heavy atom. The maximum Gasteiger partial charge on any atom is 0.416 e. The minimum atomic E-state index is -4.55. The minimum absolute atomic E-state index is 0.0132. The average Bonchev–Trinajstić information content (AvgIpc) is 3.92. The highest BCUT2D eigenvalue weighted by Crippen LogP contribution is 2.38. The fourth-order valence-electron chi connectivity index (χ4n) is 10.8. The lowest BCUT2D eigenvalue weighted by Crippen LogP contribution is -2.58. The molecule has 5 amide bonds. The Morgan fingerprint density at radius 1 is 0.865 bits per heavy atom. The number of ether oxygens (including phenoxy) is 2. The Labute approximate surface area is 429 Å². The number of halogens is 3. The van der Waals surface area contributed by atoms with E-state index in [-0.39, 0.29) is 83.3 Å². The second kappa shape index (κ2) is 24.3. The lowest BCUT2D eigenvalue weighted by molar-refractivity contribution is -0.137. The number of alkyl halides is 3. The number of piperidine rings is 1. The molecule has 0 unspecified atom stereocenters. The van der Waals surface area contributed by atoms with Crippen LogP contribution in [0.3, 0.4) is 0 Å². The highest BCUT2D eigenvalue weighted by atomic mass is 19.4. The van der Waals surface area contributed by atoms with Crippen molar-refractivity contribution in [3.8, 4) is 0 Å². The normalized spacial score (nSPS) is 22.7. The van der Waals surface area contributed by atoms with E-state index in [2.05, 4.69) is 66.9 Å². The molecular weight excluding hydrogens is 960 g/mol. The van der Waals surface area contributed by atoms with E-state index in [4.69, 9.17) is 9.47 Å². The van der Waals surface area contributed by atoms with E-state index in [1.807, 2.05) is 23.1 Å². The van der Waals surface area contributed by atoms with Crippen molar-refractivity contribution in [2.45, 2.75) is 101 Å². The molecule has 0 radical (unpaired) electrons. The van der Waals surface area contributed by atoms with Crippen LogP contribution in [-0.2, 0) is 34.8 Å². The van der Waals surface area contributed by atoms with Gasteiger partial charge in [-0.3, -0.25) is 29.0 Å². The number of amides is 5. The summed E-state index contributed by atoms with van der Waals surface area (Å²) in [6.07, 6.45) is 4.08. The lowest BCUT2D eigenvalue weighted by atomic mass is 9.84. The van der Waals surface area contributed by atoms with Crippen LogP contribution in [0.5, 0.6) is 0 Å². The van der Waals surface area contributed by atoms with Crippen LogP contribution in [0.25, 0.3) is 10.9 Å². The minimum Gasteiger partial charge on any atom is -0.377 e. The van der Waals surface area contributed by atoms with Crippen molar-refractivity contribution in [2.24, 2.45) is 11.8 Å². The molecule has 4 N–H and O–H groups in total. The number of likely N-dealkylation sites (tertiary alicyclic amines) is 2. The third kappa shape index (κ3) is 12.9. The molecular formula is C53H68F3N11O7. The zero-order valence-corrected chi connectivity index (χ0v) is 42.5. The first-order valence-electron chi connectivity index (χ1n) is 25.7. The van der Waals surface area contributed by atoms with Crippen LogP contribution in [0.15, 0.2) is 73.3 Å². The Kier molecular flexibility index (Phi) is 17.7. The Bertz CT molecular complexity index is 2590. The quantitative estimate of drug-likeness (QED) is 0.0879. The second-order valence-electron chi connectivity index (χ2n) is 20.0. The molecule has 5 heterocycles. The van der Waals surface area contributed by atoms with Gasteiger partial charge in [0.1, 0.15) is 18.2 Å². The van der Waals surface area contributed by atoms with Gasteiger partial charge in [0.2, 0.25) is 23.6 Å². The average molecular weight is 1030 g/mol. The van der Waals surface area contributed by atoms with Crippen molar-refractivity contribution in [3.63, 3.8) is 0 Å². The maximum absolute atomic E-state index is 14.1. The van der Waals surface area contributed by atoms with Gasteiger partial charge in [0.15, 0.2) is 0 Å². The number of anilines is 2. The van der Waals surface area contributed by atoms with Crippen LogP contribution in [-0.4, -0.2) is 163 Å². The third-order valence-electron chi connectivity index (χ3n) is 15.2. The molecule has 1 aliphatic carbocycles. The van der Waals surface area contributed by atoms with Gasteiger partial charge >= 0.3 is 6.18 Å². The predicted octanol–water partition coefficient (Wildman–Crippen LogP) is 4.82. The maximum atomic E-state index is 14.1. The van der Waals surface area contributed by atoms with E-state index in [1.165, 1.54) is 12.4 Å². The Hall–Kier alpha value is -6.45. The number of nitrogens with zero attached hydrogens (tertiary/aromatic N) is 7. The predicted molar refractivity (Wildman–Crippen MR) is 271 cm³/mol. The van der Waals surface area contributed by atoms with Crippen LogP contribution in [0.1, 0.15) is 86.3 Å². The van der Waals surface area contributed by atoms with Crippen LogP contribution in [0.2, 0.25) is 0 Å². The first-order valence-corrected chi connectivity index (χ1v) is 25.7. The number of hydrogen-bond acceptors (Lipinski definition) is 13. The number of hydrogen-bond donors (Lipinski definition) is 4. The smallest absolute Gasteiger partial charge is 0.377 e. The van der Waals surface area contributed by atoms with Crippen molar-refractivity contribution in [1.82, 2.24) is 45.6 Å². The molecule has 4 fully saturated rings. The zero-order chi connectivity index (χ0) is 52.5. The number of pyridine rings is 1. The molecule has 21 heteroatoms. The summed E-state index contributed by atoms with van der Waals surface area (Å²) < 4.78 is 52.1. The van der Waals surface area contributed by atoms with E-state index >= 15 is 0 Å². The van der Waals surface area contributed by atoms with Gasteiger partial charge < -0.3 is 50.3 Å². The van der Waals surface area contributed by atoms with E-state index in [0.29, 0.717) is 102 Å². The zero-order valence-electron chi connectivity index (χ0n) is 42.5. The van der Waals surface area contributed by atoms with Gasteiger partial charge in [-0.2, -0.15) is 13.2 Å². The van der Waals surface area contributed by atoms with E-state index in [0.717, 1.165) is 29.8 Å². The molecule has 74 heavy (non-hydrogen) atoms. The summed E-state index contributed by atoms with van der Waals surface area (Å²) in [5.41, 5.74) is 1.76. The molecule has 2 aromatic carbocycles. The van der Waals surface area contributed by atoms with Crippen LogP contribution in [0, 0.1) is 11.8 Å². The fourth-order valence-corrected chi connectivity index (χ4v) is 10.8. The molecule has 0 spiro atoms. The molecule has 3 aliphatic heterocycles. The van der Waals surface area contributed by atoms with Crippen molar-refractivity contribution < 1.29 is 46.6 Å². The van der Waals surface area contributed by atoms with Gasteiger partial charge in [0.05, 0.1) is 61.6 Å². The number of fused-ring (bicyclic) bond motifs is 1. The van der Waals surface area contributed by atoms with Crippen LogP contribution >= 0.6 is 0 Å². The van der Waals surface area contributed by atoms with Gasteiger partial charge in [-0.1, -0.05) is 6.07 Å². The SMILES string of the molecule is CC(C)N(C)[C@@H]1CC[C@H](N2CC[C@H](Nc3ncnc4ccc(C(F)(F)F)cc34)C2=O)[C@H](NC(=O)c2ccc(N3CCC(C(=O)NCCOCCOCCNC(=O)[C@H]4CC(=O)N(C)[C@@H]4c4cccnc4)CC3)cc2)C1. The number of rotatable bonds is 20. The highest BCUT2D eigenvalue weighted by molar-refractivity contribution is 5.96. The van der Waals surface area contributed by atoms with Crippen LogP contribution in [0.4, 0.5) is 24.7 Å². The van der Waals surface area contributed by atoms with Crippen molar-refractivity contribution in [3.05, 3.63) is 90.0 Å². The summed E-state index contributed by atoms with van der Waals surface area (Å²) in [6, 6.07) is 13.1. The van der Waals surface area contributed by atoms with Crippen molar-refractivity contribution >= 4 is 51.9 Å². The number of nitrogens with one attached hydrogen (secondary N) is 4. The number of carbonyl (C=O) groups excluding carboxylic acids is 5. The second-order valence-corrected chi connectivity index (χ2v) is 20.0. The molecule has 6 atom stereocenters. The van der Waals surface area contributed by atoms with Gasteiger partial charge in [-0.25, -0.2) is 9.97 Å². The summed E-state index contributed by atoms with van der Waals surface area (Å²) >= 11 is 0. The fraction of sp³-hybridized carbons (Fsp3) is 0.547. The standard InChI is InChI=1S/C53H68F3N11O7/c1-33(2)64(3)39-12-14-45(67-23-17-43(52(67)72)62-48-40-28-37(53(54,55)56)9-13-42(40)60-32-61-48)44(29-39)63-50(70)34-7-10-38(11-8-34)66-21-15-35(16-22-66)49(69)58-19-24-73-26-27-74-25-20-59-51(71)41-30-46(68)65(4)47(41)36-6-5-18-57-31-36/h5-11,13,18,28,31-33,35,39,41,43-45,47H,12,14-17,19-27,29-30H2,1-4H3,(H,58,69)(H,59,71)(H,63,70)(H,60,61,62)/t39-,41+,43+,44-,45+,47-/m1/s1. The monoisotopic (exact) mass is 1030 g/mol. The highest BCUT2D eigenvalue weighted by Gasteiger charge is 2.45. The molecule has 3 saturated heterocycles. The summed E-state index contributed by atoms with van der Waals surface area (Å²) in [6.45, 7) is 7.96. The van der Waals surface area contributed by atoms with Gasteiger partial charge in [0, 0.05) is 93.2 Å².